The lowest BCUT2D eigenvalue weighted by Gasteiger charge is -2.40. The minimum Gasteiger partial charge on any atom is -0.394 e. The van der Waals surface area contributed by atoms with Crippen LogP contribution in [0.25, 0.3) is 0 Å². The van der Waals surface area contributed by atoms with E-state index in [1.165, 1.54) is 154 Å². The summed E-state index contributed by atoms with van der Waals surface area (Å²) in [7, 11) is 0. The summed E-state index contributed by atoms with van der Waals surface area (Å²) in [4.78, 5) is 12.8. The molecule has 0 spiro atoms. The third-order valence-electron chi connectivity index (χ3n) is 11.1. The highest BCUT2D eigenvalue weighted by Crippen LogP contribution is 2.23. The molecule has 0 radical (unpaired) electrons. The first kappa shape index (κ1) is 50.9. The predicted octanol–water partition coefficient (Wildman–Crippen LogP) is 9.34. The number of carbonyl (C=O) groups is 1. The molecule has 0 bridgehead atoms. The summed E-state index contributed by atoms with van der Waals surface area (Å²) in [6.45, 7) is 3.63. The van der Waals surface area contributed by atoms with Gasteiger partial charge in [-0.3, -0.25) is 4.79 Å². The Morgan fingerprint density at radius 2 is 1.02 bits per heavy atom. The number of rotatable bonds is 38. The van der Waals surface area contributed by atoms with Crippen molar-refractivity contribution in [2.24, 2.45) is 0 Å². The molecule has 54 heavy (non-hydrogen) atoms. The quantitative estimate of drug-likeness (QED) is 0.0269. The molecule has 320 valence electrons. The van der Waals surface area contributed by atoms with E-state index in [0.717, 1.165) is 38.5 Å². The zero-order chi connectivity index (χ0) is 39.5. The average Bonchev–Trinajstić information content (AvgIpc) is 3.17. The Morgan fingerprint density at radius 3 is 1.43 bits per heavy atom. The first-order valence-electron chi connectivity index (χ1n) is 22.9. The number of hydrogen-bond acceptors (Lipinski definition) is 8. The predicted molar refractivity (Wildman–Crippen MR) is 221 cm³/mol. The van der Waals surface area contributed by atoms with Crippen molar-refractivity contribution in [3.05, 3.63) is 12.2 Å². The number of allylic oxidation sites excluding steroid dienone is 1. The molecule has 6 N–H and O–H groups in total. The van der Waals surface area contributed by atoms with Gasteiger partial charge in [0.25, 0.3) is 0 Å². The fourth-order valence-corrected chi connectivity index (χ4v) is 7.38. The Bertz CT molecular complexity index is 858. The Hall–Kier alpha value is -1.07. The number of unbranched alkanes of at least 4 members (excludes halogenated alkanes) is 28. The van der Waals surface area contributed by atoms with Crippen molar-refractivity contribution in [1.29, 1.82) is 0 Å². The summed E-state index contributed by atoms with van der Waals surface area (Å²) in [6, 6.07) is -0.795. The van der Waals surface area contributed by atoms with Gasteiger partial charge in [-0.2, -0.15) is 0 Å². The molecule has 0 aliphatic carbocycles. The maximum atomic E-state index is 12.8. The number of amides is 1. The second-order valence-electron chi connectivity index (χ2n) is 16.2. The van der Waals surface area contributed by atoms with Crippen LogP contribution in [0.5, 0.6) is 0 Å². The molecule has 0 aromatic rings. The molecular weight excluding hydrogens is 682 g/mol. The van der Waals surface area contributed by atoms with Gasteiger partial charge in [-0.1, -0.05) is 206 Å². The topological polar surface area (TPSA) is 149 Å². The van der Waals surface area contributed by atoms with Gasteiger partial charge in [-0.15, -0.1) is 0 Å². The highest BCUT2D eigenvalue weighted by molar-refractivity contribution is 5.76. The molecule has 1 aliphatic rings. The normalized spacial score (nSPS) is 21.5. The lowest BCUT2D eigenvalue weighted by molar-refractivity contribution is -0.302. The van der Waals surface area contributed by atoms with E-state index in [2.05, 4.69) is 19.2 Å². The molecule has 7 atom stereocenters. The largest absolute Gasteiger partial charge is 0.394 e. The summed E-state index contributed by atoms with van der Waals surface area (Å²) in [5, 5.41) is 53.5. The van der Waals surface area contributed by atoms with E-state index in [1.807, 2.05) is 6.08 Å². The minimum absolute atomic E-state index is 0.182. The summed E-state index contributed by atoms with van der Waals surface area (Å²) in [5.41, 5.74) is 0. The van der Waals surface area contributed by atoms with Crippen LogP contribution in [0.15, 0.2) is 12.2 Å². The van der Waals surface area contributed by atoms with Gasteiger partial charge in [0.2, 0.25) is 5.91 Å². The first-order valence-corrected chi connectivity index (χ1v) is 22.9. The number of nitrogens with one attached hydrogen (secondary N) is 1. The highest BCUT2D eigenvalue weighted by atomic mass is 16.7. The highest BCUT2D eigenvalue weighted by Gasteiger charge is 2.44. The molecule has 1 rings (SSSR count). The number of aliphatic hydroxyl groups is 5. The van der Waals surface area contributed by atoms with E-state index in [0.29, 0.717) is 6.42 Å². The number of carbonyl (C=O) groups excluding carboxylic acids is 1. The van der Waals surface area contributed by atoms with Gasteiger partial charge in [-0.05, 0) is 12.8 Å². The molecule has 7 unspecified atom stereocenters. The van der Waals surface area contributed by atoms with Gasteiger partial charge in [-0.25, -0.2) is 0 Å². The van der Waals surface area contributed by atoms with Crippen LogP contribution in [0.4, 0.5) is 0 Å². The molecule has 0 saturated carbocycles. The van der Waals surface area contributed by atoms with E-state index < -0.39 is 49.5 Å². The second kappa shape index (κ2) is 36.3. The summed E-state index contributed by atoms with van der Waals surface area (Å²) >= 11 is 0. The SMILES string of the molecule is CCCC/C=C/C(O)C(COC1OC(CO)C(O)C(O)C1O)NC(=O)CCCCCCCCCCCCCCCCCCCCCCCCCCCCC. The zero-order valence-electron chi connectivity index (χ0n) is 35.0. The van der Waals surface area contributed by atoms with E-state index >= 15 is 0 Å². The van der Waals surface area contributed by atoms with Crippen molar-refractivity contribution in [2.45, 2.75) is 256 Å². The van der Waals surface area contributed by atoms with Crippen molar-refractivity contribution < 1.29 is 39.8 Å². The Kier molecular flexibility index (Phi) is 34.2. The summed E-state index contributed by atoms with van der Waals surface area (Å²) in [5.74, 6) is -0.182. The third kappa shape index (κ3) is 26.7. The number of hydrogen-bond donors (Lipinski definition) is 6. The second-order valence-corrected chi connectivity index (χ2v) is 16.2. The molecular formula is C45H87NO8. The van der Waals surface area contributed by atoms with Crippen LogP contribution in [-0.2, 0) is 14.3 Å². The number of aliphatic hydroxyl groups excluding tert-OH is 5. The van der Waals surface area contributed by atoms with E-state index in [1.54, 1.807) is 6.08 Å². The Morgan fingerprint density at radius 1 is 0.611 bits per heavy atom. The van der Waals surface area contributed by atoms with Gasteiger partial charge in [0.1, 0.15) is 24.4 Å². The van der Waals surface area contributed by atoms with Gasteiger partial charge in [0, 0.05) is 6.42 Å². The lowest BCUT2D eigenvalue weighted by Crippen LogP contribution is -2.60. The Balaban J connectivity index is 2.04. The van der Waals surface area contributed by atoms with E-state index in [-0.39, 0.29) is 12.5 Å². The summed E-state index contributed by atoms with van der Waals surface area (Å²) in [6.07, 6.45) is 35.0. The lowest BCUT2D eigenvalue weighted by atomic mass is 9.99. The van der Waals surface area contributed by atoms with Crippen molar-refractivity contribution in [2.75, 3.05) is 13.2 Å². The Labute approximate surface area is 331 Å². The van der Waals surface area contributed by atoms with Crippen molar-refractivity contribution in [3.63, 3.8) is 0 Å². The minimum atomic E-state index is -1.56. The van der Waals surface area contributed by atoms with Crippen LogP contribution in [0.3, 0.4) is 0 Å². The van der Waals surface area contributed by atoms with Gasteiger partial charge in [0.15, 0.2) is 6.29 Å². The molecule has 1 fully saturated rings. The fourth-order valence-electron chi connectivity index (χ4n) is 7.38. The van der Waals surface area contributed by atoms with Crippen LogP contribution < -0.4 is 5.32 Å². The standard InChI is InChI=1S/C45H87NO8/c1-3-5-7-9-10-11-12-13-14-15-16-17-18-19-20-21-22-23-24-25-26-27-28-29-30-31-33-35-41(49)46-38(39(48)34-32-8-6-4-2)37-53-45-44(52)43(51)42(50)40(36-47)54-45/h32,34,38-40,42-45,47-48,50-52H,3-31,33,35-37H2,1-2H3,(H,46,49)/b34-32+. The van der Waals surface area contributed by atoms with Crippen LogP contribution >= 0.6 is 0 Å². The van der Waals surface area contributed by atoms with Gasteiger partial charge in [0.05, 0.1) is 25.4 Å². The smallest absolute Gasteiger partial charge is 0.220 e. The summed E-state index contributed by atoms with van der Waals surface area (Å²) < 4.78 is 11.1. The molecule has 1 aliphatic heterocycles. The fraction of sp³-hybridized carbons (Fsp3) is 0.933. The van der Waals surface area contributed by atoms with E-state index in [9.17, 15) is 30.3 Å². The van der Waals surface area contributed by atoms with Crippen LogP contribution in [0, 0.1) is 0 Å². The van der Waals surface area contributed by atoms with Crippen LogP contribution in [-0.4, -0.2) is 87.5 Å². The molecule has 1 amide bonds. The van der Waals surface area contributed by atoms with Gasteiger partial charge >= 0.3 is 0 Å². The molecule has 1 saturated heterocycles. The maximum absolute atomic E-state index is 12.8. The third-order valence-corrected chi connectivity index (χ3v) is 11.1. The zero-order valence-corrected chi connectivity index (χ0v) is 35.0. The molecule has 1 heterocycles. The molecule has 9 heteroatoms. The first-order chi connectivity index (χ1) is 26.3. The molecule has 9 nitrogen and oxygen atoms in total. The average molecular weight is 770 g/mol. The maximum Gasteiger partial charge on any atom is 0.220 e. The van der Waals surface area contributed by atoms with Crippen molar-refractivity contribution in [3.8, 4) is 0 Å². The van der Waals surface area contributed by atoms with Crippen LogP contribution in [0.1, 0.15) is 213 Å². The van der Waals surface area contributed by atoms with Crippen LogP contribution in [0.2, 0.25) is 0 Å². The number of ether oxygens (including phenoxy) is 2. The monoisotopic (exact) mass is 770 g/mol. The van der Waals surface area contributed by atoms with Crippen molar-refractivity contribution >= 4 is 5.91 Å². The molecule has 0 aromatic carbocycles. The van der Waals surface area contributed by atoms with Crippen molar-refractivity contribution in [1.82, 2.24) is 5.32 Å². The molecule has 0 aromatic heterocycles. The van der Waals surface area contributed by atoms with Gasteiger partial charge < -0.3 is 40.3 Å². The van der Waals surface area contributed by atoms with E-state index in [4.69, 9.17) is 9.47 Å².